The van der Waals surface area contributed by atoms with E-state index in [1.165, 1.54) is 6.07 Å². The second kappa shape index (κ2) is 19.7. The summed E-state index contributed by atoms with van der Waals surface area (Å²) in [5.41, 5.74) is 6.86. The minimum atomic E-state index is -5.59. The molecule has 1 aliphatic rings. The van der Waals surface area contributed by atoms with E-state index in [1.54, 1.807) is 34.9 Å². The molecule has 0 aliphatic carbocycles. The van der Waals surface area contributed by atoms with Gasteiger partial charge < -0.3 is 9.30 Å². The molecule has 14 rings (SSSR count). The van der Waals surface area contributed by atoms with Crippen LogP contribution >= 0.6 is 0 Å². The predicted molar refractivity (Wildman–Crippen MR) is 323 cm³/mol. The van der Waals surface area contributed by atoms with E-state index in [0.29, 0.717) is 50.2 Å². The smallest absolute Gasteiger partial charge is 0.253 e. The number of fused-ring (bicyclic) bond motifs is 10. The fraction of sp³-hybridized carbons (Fsp3) is 0.0833. The summed E-state index contributed by atoms with van der Waals surface area (Å²) in [5.74, 6) is 0.679. The molecule has 0 saturated heterocycles. The van der Waals surface area contributed by atoms with Gasteiger partial charge in [-0.15, -0.1) is 29.7 Å². The minimum Gasteiger partial charge on any atom is -0.509 e. The Bertz CT molecular complexity index is 5410. The number of ether oxygens (including phenoxy) is 1. The van der Waals surface area contributed by atoms with Crippen molar-refractivity contribution in [3.8, 4) is 62.1 Å². The zero-order valence-electron chi connectivity index (χ0n) is 63.4. The van der Waals surface area contributed by atoms with Crippen molar-refractivity contribution in [2.24, 2.45) is 0 Å². The molecule has 0 radical (unpaired) electrons. The van der Waals surface area contributed by atoms with Crippen LogP contribution in [0.2, 0.25) is 0 Å². The van der Waals surface area contributed by atoms with Crippen LogP contribution in [0, 0.1) is 25.8 Å². The molecule has 10 aromatic carbocycles. The van der Waals surface area contributed by atoms with E-state index in [2.05, 4.69) is 42.5 Å². The Balaban J connectivity index is 0.00000896. The monoisotopic (exact) mass is 1240 g/mol. The quantitative estimate of drug-likeness (QED) is 0.0658. The summed E-state index contributed by atoms with van der Waals surface area (Å²) in [6.07, 6.45) is 3.01. The van der Waals surface area contributed by atoms with E-state index in [-0.39, 0.29) is 54.7 Å². The molecule has 384 valence electrons. The Morgan fingerprint density at radius 3 is 1.86 bits per heavy atom. The van der Waals surface area contributed by atoms with E-state index >= 15 is 0 Å². The van der Waals surface area contributed by atoms with Crippen molar-refractivity contribution in [2.75, 3.05) is 0 Å². The van der Waals surface area contributed by atoms with Gasteiger partial charge in [0.2, 0.25) is 0 Å². The number of aryl methyl sites for hydroxylation is 2. The molecule has 0 amide bonds. The maximum Gasteiger partial charge on any atom is 0.253 e. The molecule has 7 heteroatoms. The van der Waals surface area contributed by atoms with Gasteiger partial charge in [-0.2, -0.15) is 16.7 Å². The van der Waals surface area contributed by atoms with Crippen LogP contribution in [0.15, 0.2) is 243 Å². The number of hydrogen-bond acceptors (Lipinski definition) is 2. The van der Waals surface area contributed by atoms with Crippen LogP contribution in [0.25, 0.3) is 83.4 Å². The van der Waals surface area contributed by atoms with Crippen LogP contribution in [-0.2, 0) is 26.5 Å². The summed E-state index contributed by atoms with van der Waals surface area (Å²) in [5, 5.41) is -0.337. The van der Waals surface area contributed by atoms with Gasteiger partial charge in [0.15, 0.2) is 19.1 Å². The second-order valence-electron chi connectivity index (χ2n) is 20.1. The molecule has 3 aromatic heterocycles. The predicted octanol–water partition coefficient (Wildman–Crippen LogP) is 14.4. The van der Waals surface area contributed by atoms with Gasteiger partial charge in [0, 0.05) is 74.9 Å². The first kappa shape index (κ1) is 31.7. The van der Waals surface area contributed by atoms with Crippen molar-refractivity contribution in [1.29, 1.82) is 0 Å². The summed E-state index contributed by atoms with van der Waals surface area (Å²) in [4.78, 5) is 4.52. The molecular formula is C72H55N4OPtSi-. The number of hydrogen-bond donors (Lipinski definition) is 0. The Morgan fingerprint density at radius 2 is 1.15 bits per heavy atom. The molecular weight excluding hydrogens is 1160 g/mol. The van der Waals surface area contributed by atoms with Gasteiger partial charge in [-0.1, -0.05) is 208 Å². The molecule has 0 bridgehead atoms. The number of benzene rings is 10. The molecule has 79 heavy (non-hydrogen) atoms. The van der Waals surface area contributed by atoms with E-state index in [0.717, 1.165) is 39.2 Å². The average Bonchev–Trinajstić information content (AvgIpc) is 0.857. The molecule has 0 saturated carbocycles. The fourth-order valence-electron chi connectivity index (χ4n) is 11.2. The van der Waals surface area contributed by atoms with Crippen LogP contribution in [0.5, 0.6) is 11.5 Å². The van der Waals surface area contributed by atoms with Crippen molar-refractivity contribution >= 4 is 61.7 Å². The Morgan fingerprint density at radius 1 is 0.544 bits per heavy atom. The van der Waals surface area contributed by atoms with E-state index in [9.17, 15) is 16.4 Å². The first-order chi connectivity index (χ1) is 46.8. The van der Waals surface area contributed by atoms with Crippen molar-refractivity contribution in [3.63, 3.8) is 0 Å². The minimum absolute atomic E-state index is 0. The standard InChI is InChI=1S/C72H55N4OSi.Pt/c1-48-42-69(73-46-49(48)2)76-66-36-18-17-32-60(66)61-40-38-52(44-68(61)76)77-51-23-19-22-50(43-51)74-47-75-70-63(33-20-35-65(70)72(3,4)5)64-45-56(39-41-59(64)57-30-15-16-31-58(57)62-34-21-37-67(74)71(62)75)78(53-24-9-6-10-25-53,54-26-11-7-12-27-54)55-28-13-8-14-29-55;/h6-42,45-47H,1-5H3;/q-1;/i1D3,2D3,6D,7D,8D,9D,10D,11D,12D,13D,14D,24D,25D,26D,27D,28D,29D;. The van der Waals surface area contributed by atoms with Gasteiger partial charge >= 0.3 is 0 Å². The summed E-state index contributed by atoms with van der Waals surface area (Å²) >= 11 is 0. The fourth-order valence-corrected chi connectivity index (χ4v) is 15.0. The van der Waals surface area contributed by atoms with Gasteiger partial charge in [0.25, 0.3) is 6.33 Å². The molecule has 0 fully saturated rings. The third-order valence-corrected chi connectivity index (χ3v) is 18.8. The van der Waals surface area contributed by atoms with Crippen LogP contribution in [0.1, 0.15) is 66.2 Å². The van der Waals surface area contributed by atoms with Crippen LogP contribution in [0.3, 0.4) is 0 Å². The Labute approximate surface area is 506 Å². The van der Waals surface area contributed by atoms with E-state index in [4.69, 9.17) is 17.1 Å². The zero-order chi connectivity index (χ0) is 70.8. The molecule has 0 atom stereocenters. The zero-order valence-corrected chi connectivity index (χ0v) is 45.7. The topological polar surface area (TPSA) is 35.9 Å². The van der Waals surface area contributed by atoms with Crippen molar-refractivity contribution < 1.29 is 59.2 Å². The number of aromatic nitrogens is 4. The number of nitrogens with zero attached hydrogens (tertiary/aromatic N) is 4. The molecule has 0 spiro atoms. The first-order valence-corrected chi connectivity index (χ1v) is 27.1. The molecule has 4 heterocycles. The SMILES string of the molecule is [2H]c1c([2H])c([2H])c([Si](c2ccc3c(c2)-c2cccc(C(C)(C)C)c2-[n+]2cn(-c4[c-]c(Oc5[c-]c6c(cc5)c5ccccc5n6-c5cc(C([2H])([2H])[2H])c(C([2H])([2H])[2H])cn5)ccc4)c4cccc(c42)-c2ccccc2-3)(c2c([2H])c([2H])c([2H])c([2H])c2[2H])c2c([2H])c([2H])c([2H])c([2H])c2[2H])c([2H])c1[2H].[Pt]. The van der Waals surface area contributed by atoms with Crippen LogP contribution < -0.4 is 30.1 Å². The number of imidazole rings is 1. The Hall–Kier alpha value is -8.67. The number of para-hydroxylation sites is 3. The molecule has 1 aliphatic heterocycles. The maximum absolute atomic E-state index is 9.83. The first-order valence-electron chi connectivity index (χ1n) is 35.6. The molecule has 5 nitrogen and oxygen atoms in total. The summed E-state index contributed by atoms with van der Waals surface area (Å²) in [7, 11) is -5.59. The molecule has 0 N–H and O–H groups in total. The summed E-state index contributed by atoms with van der Waals surface area (Å²) in [6, 6.07) is 36.0. The van der Waals surface area contributed by atoms with E-state index < -0.39 is 133 Å². The Kier molecular flexibility index (Phi) is 7.88. The maximum atomic E-state index is 9.83. The van der Waals surface area contributed by atoms with Crippen LogP contribution in [0.4, 0.5) is 0 Å². The number of pyridine rings is 1. The molecule has 0 unspecified atom stereocenters. The van der Waals surface area contributed by atoms with Crippen LogP contribution in [-0.4, -0.2) is 22.2 Å². The van der Waals surface area contributed by atoms with Gasteiger partial charge in [0.05, 0.1) is 20.6 Å². The molecule has 13 aromatic rings. The number of rotatable bonds is 8. The largest absolute Gasteiger partial charge is 0.509 e. The third-order valence-electron chi connectivity index (χ3n) is 14.6. The summed E-state index contributed by atoms with van der Waals surface area (Å²) < 4.78 is 202. The van der Waals surface area contributed by atoms with E-state index in [1.807, 2.05) is 114 Å². The second-order valence-corrected chi connectivity index (χ2v) is 23.6. The van der Waals surface area contributed by atoms with Gasteiger partial charge in [-0.25, -0.2) is 9.55 Å². The average molecular weight is 1240 g/mol. The normalized spacial score (nSPS) is 16.1. The van der Waals surface area contributed by atoms with Gasteiger partial charge in [-0.05, 0) is 103 Å². The summed E-state index contributed by atoms with van der Waals surface area (Å²) in [6.45, 7) is 0.621. The van der Waals surface area contributed by atoms with Crippen molar-refractivity contribution in [3.05, 3.63) is 272 Å². The van der Waals surface area contributed by atoms with Gasteiger partial charge in [-0.3, -0.25) is 0 Å². The van der Waals surface area contributed by atoms with Crippen molar-refractivity contribution in [1.82, 2.24) is 14.1 Å². The third kappa shape index (κ3) is 8.15. The van der Waals surface area contributed by atoms with Crippen molar-refractivity contribution in [2.45, 2.75) is 39.9 Å². The van der Waals surface area contributed by atoms with Gasteiger partial charge in [0.1, 0.15) is 11.5 Å².